The quantitative estimate of drug-likeness (QED) is 0.483. The van der Waals surface area contributed by atoms with Crippen molar-refractivity contribution in [2.24, 2.45) is 0 Å². The Morgan fingerprint density at radius 3 is 2.41 bits per heavy atom. The van der Waals surface area contributed by atoms with Gasteiger partial charge in [-0.15, -0.1) is 0 Å². The summed E-state index contributed by atoms with van der Waals surface area (Å²) in [6.45, 7) is 3.87. The molecule has 6 nitrogen and oxygen atoms in total. The lowest BCUT2D eigenvalue weighted by atomic mass is 10.1. The van der Waals surface area contributed by atoms with Gasteiger partial charge in [0.15, 0.2) is 0 Å². The maximum atomic E-state index is 12.8. The van der Waals surface area contributed by atoms with Crippen molar-refractivity contribution in [2.75, 3.05) is 0 Å². The Morgan fingerprint density at radius 2 is 1.76 bits per heavy atom. The average Bonchev–Trinajstić information content (AvgIpc) is 3.39. The van der Waals surface area contributed by atoms with Gasteiger partial charge in [0, 0.05) is 22.6 Å². The molecule has 0 radical (unpaired) electrons. The maximum Gasteiger partial charge on any atom is 0.255 e. The van der Waals surface area contributed by atoms with Crippen molar-refractivity contribution in [2.45, 2.75) is 19.9 Å². The number of aromatic nitrogens is 4. The van der Waals surface area contributed by atoms with E-state index in [2.05, 4.69) is 31.3 Å². The molecular formula is C22H20BrN5O. The Hall–Kier alpha value is -3.19. The van der Waals surface area contributed by atoms with E-state index in [4.69, 9.17) is 0 Å². The molecule has 0 saturated heterocycles. The van der Waals surface area contributed by atoms with Gasteiger partial charge in [-0.2, -0.15) is 5.10 Å². The second kappa shape index (κ2) is 8.05. The van der Waals surface area contributed by atoms with Crippen LogP contribution >= 0.6 is 15.9 Å². The van der Waals surface area contributed by atoms with Crippen LogP contribution < -0.4 is 5.32 Å². The second-order valence-electron chi connectivity index (χ2n) is 6.79. The molecule has 4 aromatic rings. The predicted molar refractivity (Wildman–Crippen MR) is 115 cm³/mol. The fourth-order valence-electron chi connectivity index (χ4n) is 3.18. The third kappa shape index (κ3) is 4.00. The van der Waals surface area contributed by atoms with E-state index in [1.165, 1.54) is 0 Å². The molecule has 0 aliphatic heterocycles. The minimum atomic E-state index is -0.142. The maximum absolute atomic E-state index is 12.8. The highest BCUT2D eigenvalue weighted by Crippen LogP contribution is 2.19. The minimum absolute atomic E-state index is 0.130. The Morgan fingerprint density at radius 1 is 1.07 bits per heavy atom. The summed E-state index contributed by atoms with van der Waals surface area (Å²) in [4.78, 5) is 16.9. The van der Waals surface area contributed by atoms with Gasteiger partial charge in [-0.05, 0) is 55.8 Å². The molecule has 0 aliphatic rings. The molecule has 0 saturated carbocycles. The molecule has 1 N–H and O–H groups in total. The van der Waals surface area contributed by atoms with Crippen LogP contribution in [0, 0.1) is 6.92 Å². The number of hydrogen-bond donors (Lipinski definition) is 1. The molecule has 1 amide bonds. The van der Waals surface area contributed by atoms with Gasteiger partial charge in [-0.25, -0.2) is 9.67 Å². The van der Waals surface area contributed by atoms with Crippen LogP contribution in [-0.2, 0) is 0 Å². The summed E-state index contributed by atoms with van der Waals surface area (Å²) in [5, 5.41) is 7.45. The molecule has 29 heavy (non-hydrogen) atoms. The zero-order chi connectivity index (χ0) is 20.4. The van der Waals surface area contributed by atoms with Gasteiger partial charge in [0.1, 0.15) is 0 Å². The van der Waals surface area contributed by atoms with Gasteiger partial charge in [0.25, 0.3) is 5.91 Å². The van der Waals surface area contributed by atoms with Crippen molar-refractivity contribution in [1.82, 2.24) is 24.6 Å². The normalized spacial score (nSPS) is 12.0. The first-order chi connectivity index (χ1) is 14.0. The van der Waals surface area contributed by atoms with Crippen molar-refractivity contribution < 1.29 is 4.79 Å². The smallest absolute Gasteiger partial charge is 0.255 e. The lowest BCUT2D eigenvalue weighted by Gasteiger charge is -2.15. The number of imidazole rings is 1. The third-order valence-electron chi connectivity index (χ3n) is 4.87. The number of carbonyl (C=O) groups is 1. The second-order valence-corrected chi connectivity index (χ2v) is 7.70. The van der Waals surface area contributed by atoms with E-state index >= 15 is 0 Å². The van der Waals surface area contributed by atoms with E-state index in [1.807, 2.05) is 73.1 Å². The number of halogens is 1. The van der Waals surface area contributed by atoms with Crippen LogP contribution in [0.25, 0.3) is 11.4 Å². The highest BCUT2D eigenvalue weighted by Gasteiger charge is 2.17. The number of amides is 1. The fraction of sp³-hybridized carbons (Fsp3) is 0.136. The molecule has 2 aromatic carbocycles. The van der Waals surface area contributed by atoms with E-state index in [9.17, 15) is 4.79 Å². The van der Waals surface area contributed by atoms with Crippen LogP contribution in [0.2, 0.25) is 0 Å². The van der Waals surface area contributed by atoms with Crippen molar-refractivity contribution in [3.8, 4) is 11.4 Å². The summed E-state index contributed by atoms with van der Waals surface area (Å²) >= 11 is 3.43. The summed E-state index contributed by atoms with van der Waals surface area (Å²) in [6.07, 6.45) is 7.01. The van der Waals surface area contributed by atoms with Crippen LogP contribution in [0.1, 0.15) is 34.6 Å². The van der Waals surface area contributed by atoms with Crippen LogP contribution in [0.5, 0.6) is 0 Å². The standard InChI is InChI=1S/C22H20BrN5O/c1-15(17-3-7-19(8-4-17)27-12-11-24-14-27)26-22(29)21-13-25-28(16(21)2)20-9-5-18(23)6-10-20/h3-15H,1-2H3,(H,26,29). The number of hydrogen-bond acceptors (Lipinski definition) is 3. The van der Waals surface area contributed by atoms with Gasteiger partial charge < -0.3 is 9.88 Å². The van der Waals surface area contributed by atoms with E-state index in [1.54, 1.807) is 23.4 Å². The van der Waals surface area contributed by atoms with Crippen molar-refractivity contribution in [3.05, 3.63) is 94.7 Å². The largest absolute Gasteiger partial charge is 0.345 e. The van der Waals surface area contributed by atoms with Crippen LogP contribution in [0.15, 0.2) is 77.9 Å². The number of nitrogens with one attached hydrogen (secondary N) is 1. The molecule has 0 spiro atoms. The lowest BCUT2D eigenvalue weighted by molar-refractivity contribution is 0.0939. The number of rotatable bonds is 5. The molecule has 1 atom stereocenters. The monoisotopic (exact) mass is 449 g/mol. The summed E-state index contributed by atoms with van der Waals surface area (Å²) in [6, 6.07) is 15.7. The average molecular weight is 450 g/mol. The zero-order valence-corrected chi connectivity index (χ0v) is 17.7. The van der Waals surface area contributed by atoms with E-state index < -0.39 is 0 Å². The number of nitrogens with zero attached hydrogens (tertiary/aromatic N) is 4. The number of carbonyl (C=O) groups excluding carboxylic acids is 1. The SMILES string of the molecule is Cc1c(C(=O)NC(C)c2ccc(-n3ccnc3)cc2)cnn1-c1ccc(Br)cc1. The van der Waals surface area contributed by atoms with E-state index in [0.29, 0.717) is 5.56 Å². The van der Waals surface area contributed by atoms with Crippen LogP contribution in [0.4, 0.5) is 0 Å². The van der Waals surface area contributed by atoms with Crippen LogP contribution in [-0.4, -0.2) is 25.2 Å². The van der Waals surface area contributed by atoms with Crippen molar-refractivity contribution in [1.29, 1.82) is 0 Å². The topological polar surface area (TPSA) is 64.7 Å². The van der Waals surface area contributed by atoms with Crippen molar-refractivity contribution >= 4 is 21.8 Å². The Kier molecular flexibility index (Phi) is 5.31. The Bertz CT molecular complexity index is 1120. The number of benzene rings is 2. The molecule has 0 aliphatic carbocycles. The molecule has 0 fully saturated rings. The highest BCUT2D eigenvalue weighted by molar-refractivity contribution is 9.10. The lowest BCUT2D eigenvalue weighted by Crippen LogP contribution is -2.27. The van der Waals surface area contributed by atoms with Gasteiger partial charge >= 0.3 is 0 Å². The molecule has 146 valence electrons. The molecule has 0 bridgehead atoms. The van der Waals surface area contributed by atoms with E-state index in [0.717, 1.165) is 27.1 Å². The summed E-state index contributed by atoms with van der Waals surface area (Å²) in [5.41, 5.74) is 4.33. The van der Waals surface area contributed by atoms with Crippen LogP contribution in [0.3, 0.4) is 0 Å². The van der Waals surface area contributed by atoms with Crippen molar-refractivity contribution in [3.63, 3.8) is 0 Å². The molecule has 7 heteroatoms. The highest BCUT2D eigenvalue weighted by atomic mass is 79.9. The molecule has 2 heterocycles. The summed E-state index contributed by atoms with van der Waals surface area (Å²) in [5.74, 6) is -0.142. The summed E-state index contributed by atoms with van der Waals surface area (Å²) in [7, 11) is 0. The first-order valence-electron chi connectivity index (χ1n) is 9.22. The zero-order valence-electron chi connectivity index (χ0n) is 16.1. The van der Waals surface area contributed by atoms with Gasteiger partial charge in [0.05, 0.1) is 35.5 Å². The Balaban J connectivity index is 1.48. The predicted octanol–water partition coefficient (Wildman–Crippen LogP) is 4.62. The summed E-state index contributed by atoms with van der Waals surface area (Å²) < 4.78 is 4.70. The first kappa shape index (κ1) is 19.1. The molecule has 1 unspecified atom stereocenters. The minimum Gasteiger partial charge on any atom is -0.345 e. The first-order valence-corrected chi connectivity index (χ1v) is 10.0. The van der Waals surface area contributed by atoms with Gasteiger partial charge in [0.2, 0.25) is 0 Å². The fourth-order valence-corrected chi connectivity index (χ4v) is 3.44. The third-order valence-corrected chi connectivity index (χ3v) is 5.40. The molecular weight excluding hydrogens is 430 g/mol. The molecule has 2 aromatic heterocycles. The Labute approximate surface area is 177 Å². The van der Waals surface area contributed by atoms with Gasteiger partial charge in [-0.1, -0.05) is 28.1 Å². The van der Waals surface area contributed by atoms with E-state index in [-0.39, 0.29) is 11.9 Å². The van der Waals surface area contributed by atoms with Gasteiger partial charge in [-0.3, -0.25) is 4.79 Å². The molecule has 4 rings (SSSR count).